The van der Waals surface area contributed by atoms with Gasteiger partial charge in [-0.25, -0.2) is 4.79 Å². The molecule has 0 unspecified atom stereocenters. The Labute approximate surface area is 177 Å². The number of esters is 1. The first-order valence-electron chi connectivity index (χ1n) is 8.14. The van der Waals surface area contributed by atoms with Crippen LogP contribution in [-0.2, 0) is 19.1 Å². The third-order valence-electron chi connectivity index (χ3n) is 2.91. The van der Waals surface area contributed by atoms with Crippen molar-refractivity contribution in [1.29, 1.82) is 0 Å². The number of ether oxygens (including phenoxy) is 2. The normalized spacial score (nSPS) is 10.2. The zero-order valence-electron chi connectivity index (χ0n) is 14.9. The Balaban J connectivity index is 2.20. The largest absolute Gasteiger partial charge is 0.492 e. The number of carbonyl (C=O) groups excluding carboxylic acids is 3. The van der Waals surface area contributed by atoms with Gasteiger partial charge in [0.25, 0.3) is 0 Å². The van der Waals surface area contributed by atoms with E-state index in [1.54, 1.807) is 25.1 Å². The van der Waals surface area contributed by atoms with Crippen LogP contribution in [0.25, 0.3) is 0 Å². The molecule has 0 aliphatic heterocycles. The van der Waals surface area contributed by atoms with Crippen LogP contribution < -0.4 is 20.9 Å². The molecule has 0 saturated heterocycles. The SMILES string of the molecule is CCOC(=O)C=CC(=O)NC(=S)NNC(=O)CCCOc1ccc(Cl)cc1Cl. The summed E-state index contributed by atoms with van der Waals surface area (Å²) in [4.78, 5) is 34.3. The molecule has 0 spiro atoms. The number of hydrogen-bond acceptors (Lipinski definition) is 6. The van der Waals surface area contributed by atoms with Gasteiger partial charge < -0.3 is 9.47 Å². The fourth-order valence-corrected chi connectivity index (χ4v) is 2.33. The maximum absolute atomic E-state index is 11.7. The van der Waals surface area contributed by atoms with E-state index in [1.807, 2.05) is 0 Å². The quantitative estimate of drug-likeness (QED) is 0.184. The number of amides is 2. The molecule has 0 radical (unpaired) electrons. The van der Waals surface area contributed by atoms with Gasteiger partial charge in [-0.15, -0.1) is 0 Å². The molecule has 0 saturated carbocycles. The Kier molecular flexibility index (Phi) is 10.9. The van der Waals surface area contributed by atoms with E-state index in [1.165, 1.54) is 0 Å². The second-order valence-corrected chi connectivity index (χ2v) is 6.36. The Morgan fingerprint density at radius 3 is 2.61 bits per heavy atom. The lowest BCUT2D eigenvalue weighted by Gasteiger charge is -2.10. The molecule has 2 amide bonds. The first kappa shape index (κ1) is 23.7. The predicted molar refractivity (Wildman–Crippen MR) is 109 cm³/mol. The molecule has 3 N–H and O–H groups in total. The molecule has 0 atom stereocenters. The summed E-state index contributed by atoms with van der Waals surface area (Å²) in [6.07, 6.45) is 2.51. The summed E-state index contributed by atoms with van der Waals surface area (Å²) in [6, 6.07) is 4.85. The second kappa shape index (κ2) is 12.9. The Morgan fingerprint density at radius 1 is 1.18 bits per heavy atom. The fraction of sp³-hybridized carbons (Fsp3) is 0.294. The summed E-state index contributed by atoms with van der Waals surface area (Å²) in [7, 11) is 0. The maximum Gasteiger partial charge on any atom is 0.330 e. The zero-order chi connectivity index (χ0) is 20.9. The fourth-order valence-electron chi connectivity index (χ4n) is 1.72. The maximum atomic E-state index is 11.7. The van der Waals surface area contributed by atoms with Gasteiger partial charge in [-0.3, -0.25) is 25.8 Å². The molecule has 152 valence electrons. The molecule has 0 heterocycles. The van der Waals surface area contributed by atoms with Crippen LogP contribution in [0.5, 0.6) is 5.75 Å². The van der Waals surface area contributed by atoms with E-state index >= 15 is 0 Å². The average molecular weight is 448 g/mol. The summed E-state index contributed by atoms with van der Waals surface area (Å²) >= 11 is 16.6. The van der Waals surface area contributed by atoms with Gasteiger partial charge in [0.1, 0.15) is 5.75 Å². The number of halogens is 2. The molecule has 1 aromatic rings. The van der Waals surface area contributed by atoms with Gasteiger partial charge in [0.05, 0.1) is 18.2 Å². The van der Waals surface area contributed by atoms with Crippen molar-refractivity contribution in [1.82, 2.24) is 16.2 Å². The van der Waals surface area contributed by atoms with Crippen molar-refractivity contribution in [2.45, 2.75) is 19.8 Å². The predicted octanol–water partition coefficient (Wildman–Crippen LogP) is 2.29. The number of benzene rings is 1. The molecule has 11 heteroatoms. The van der Waals surface area contributed by atoms with Gasteiger partial charge in [0, 0.05) is 23.6 Å². The van der Waals surface area contributed by atoms with Crippen LogP contribution in [0.4, 0.5) is 0 Å². The highest BCUT2D eigenvalue weighted by Crippen LogP contribution is 2.27. The van der Waals surface area contributed by atoms with E-state index < -0.39 is 11.9 Å². The number of rotatable bonds is 8. The third-order valence-corrected chi connectivity index (χ3v) is 3.64. The molecule has 0 bridgehead atoms. The van der Waals surface area contributed by atoms with Crippen LogP contribution in [0.2, 0.25) is 10.0 Å². The second-order valence-electron chi connectivity index (χ2n) is 5.10. The number of hydrazine groups is 1. The van der Waals surface area contributed by atoms with E-state index in [2.05, 4.69) is 20.9 Å². The zero-order valence-corrected chi connectivity index (χ0v) is 17.2. The lowest BCUT2D eigenvalue weighted by molar-refractivity contribution is -0.137. The Morgan fingerprint density at radius 2 is 1.93 bits per heavy atom. The van der Waals surface area contributed by atoms with E-state index in [4.69, 9.17) is 40.2 Å². The number of thiocarbonyl (C=S) groups is 1. The highest BCUT2D eigenvalue weighted by molar-refractivity contribution is 7.80. The topological polar surface area (TPSA) is 106 Å². The van der Waals surface area contributed by atoms with Crippen LogP contribution in [0.3, 0.4) is 0 Å². The summed E-state index contributed by atoms with van der Waals surface area (Å²) in [6.45, 7) is 2.12. The average Bonchev–Trinajstić information content (AvgIpc) is 2.63. The molecule has 0 fully saturated rings. The highest BCUT2D eigenvalue weighted by Gasteiger charge is 2.06. The minimum Gasteiger partial charge on any atom is -0.492 e. The van der Waals surface area contributed by atoms with Crippen molar-refractivity contribution in [2.75, 3.05) is 13.2 Å². The number of carbonyl (C=O) groups is 3. The Hall–Kier alpha value is -2.36. The number of hydrogen-bond donors (Lipinski definition) is 3. The molecule has 0 aliphatic rings. The van der Waals surface area contributed by atoms with E-state index in [0.29, 0.717) is 22.2 Å². The molecule has 28 heavy (non-hydrogen) atoms. The third kappa shape index (κ3) is 10.1. The molecule has 0 aromatic heterocycles. The van der Waals surface area contributed by atoms with Gasteiger partial charge in [0.2, 0.25) is 11.8 Å². The van der Waals surface area contributed by atoms with Crippen LogP contribution >= 0.6 is 35.4 Å². The van der Waals surface area contributed by atoms with Gasteiger partial charge >= 0.3 is 5.97 Å². The molecular weight excluding hydrogens is 429 g/mol. The monoisotopic (exact) mass is 447 g/mol. The molecule has 1 aromatic carbocycles. The first-order chi connectivity index (χ1) is 13.3. The minimum absolute atomic E-state index is 0.129. The lowest BCUT2D eigenvalue weighted by atomic mass is 10.3. The lowest BCUT2D eigenvalue weighted by Crippen LogP contribution is -2.48. The van der Waals surface area contributed by atoms with Gasteiger partial charge in [-0.1, -0.05) is 23.2 Å². The molecule has 8 nitrogen and oxygen atoms in total. The van der Waals surface area contributed by atoms with Crippen molar-refractivity contribution in [3.8, 4) is 5.75 Å². The summed E-state index contributed by atoms with van der Waals surface area (Å²) in [5.41, 5.74) is 4.70. The van der Waals surface area contributed by atoms with E-state index in [-0.39, 0.29) is 30.7 Å². The summed E-state index contributed by atoms with van der Waals surface area (Å²) in [5, 5.41) is 3.01. The summed E-state index contributed by atoms with van der Waals surface area (Å²) in [5.74, 6) is -1.17. The van der Waals surface area contributed by atoms with Crippen molar-refractivity contribution < 1.29 is 23.9 Å². The van der Waals surface area contributed by atoms with Crippen molar-refractivity contribution in [3.05, 3.63) is 40.4 Å². The van der Waals surface area contributed by atoms with Gasteiger partial charge in [-0.05, 0) is 43.8 Å². The van der Waals surface area contributed by atoms with Gasteiger partial charge in [-0.2, -0.15) is 0 Å². The van der Waals surface area contributed by atoms with Crippen molar-refractivity contribution in [2.24, 2.45) is 0 Å². The highest BCUT2D eigenvalue weighted by atomic mass is 35.5. The van der Waals surface area contributed by atoms with E-state index in [0.717, 1.165) is 12.2 Å². The van der Waals surface area contributed by atoms with Gasteiger partial charge in [0.15, 0.2) is 5.11 Å². The Bertz CT molecular complexity index is 758. The molecule has 1 rings (SSSR count). The smallest absolute Gasteiger partial charge is 0.330 e. The minimum atomic E-state index is -0.646. The summed E-state index contributed by atoms with van der Waals surface area (Å²) < 4.78 is 10.1. The molecule has 0 aliphatic carbocycles. The van der Waals surface area contributed by atoms with Crippen LogP contribution in [0.15, 0.2) is 30.4 Å². The van der Waals surface area contributed by atoms with Crippen molar-refractivity contribution >= 4 is 58.3 Å². The van der Waals surface area contributed by atoms with Crippen LogP contribution in [0, 0.1) is 0 Å². The van der Waals surface area contributed by atoms with E-state index in [9.17, 15) is 14.4 Å². The van der Waals surface area contributed by atoms with Crippen LogP contribution in [-0.4, -0.2) is 36.1 Å². The van der Waals surface area contributed by atoms with Crippen LogP contribution in [0.1, 0.15) is 19.8 Å². The van der Waals surface area contributed by atoms with Crippen molar-refractivity contribution in [3.63, 3.8) is 0 Å². The number of nitrogens with one attached hydrogen (secondary N) is 3. The first-order valence-corrected chi connectivity index (χ1v) is 9.30. The molecular formula is C17H19Cl2N3O5S. The standard InChI is InChI=1S/C17H19Cl2N3O5S/c1-2-26-16(25)8-7-14(23)20-17(28)22-21-15(24)4-3-9-27-13-6-5-11(18)10-12(13)19/h5-8,10H,2-4,9H2,1H3,(H,21,24)(H2,20,22,23,28).